The molecular formula is C35H47NO11. The molecule has 0 amide bonds. The van der Waals surface area contributed by atoms with Crippen LogP contribution in [-0.2, 0) is 45.2 Å². The topological polar surface area (TPSA) is 147 Å². The normalized spacial score (nSPS) is 26.9. The molecule has 0 unspecified atom stereocenters. The van der Waals surface area contributed by atoms with Gasteiger partial charge in [0.2, 0.25) is 0 Å². The Morgan fingerprint density at radius 3 is 2.57 bits per heavy atom. The fourth-order valence-corrected chi connectivity index (χ4v) is 7.26. The van der Waals surface area contributed by atoms with Crippen molar-refractivity contribution in [3.05, 3.63) is 35.1 Å². The third-order valence-corrected chi connectivity index (χ3v) is 9.71. The molecule has 12 heteroatoms. The van der Waals surface area contributed by atoms with Crippen molar-refractivity contribution in [2.45, 2.75) is 121 Å². The Kier molecular flexibility index (Phi) is 9.67. The van der Waals surface area contributed by atoms with E-state index in [-0.39, 0.29) is 42.8 Å². The van der Waals surface area contributed by atoms with Crippen LogP contribution in [0.2, 0.25) is 0 Å². The first kappa shape index (κ1) is 34.7. The number of hydrogen-bond donors (Lipinski definition) is 1. The number of likely N-dealkylation sites (tertiary alicyclic amines) is 1. The van der Waals surface area contributed by atoms with Crippen molar-refractivity contribution in [2.24, 2.45) is 5.92 Å². The summed E-state index contributed by atoms with van der Waals surface area (Å²) in [4.78, 5) is 52.8. The van der Waals surface area contributed by atoms with Gasteiger partial charge in [-0.15, -0.1) is 0 Å². The van der Waals surface area contributed by atoms with Gasteiger partial charge in [0.25, 0.3) is 0 Å². The molecule has 6 atom stereocenters. The molecule has 5 rings (SSSR count). The summed E-state index contributed by atoms with van der Waals surface area (Å²) in [6.07, 6.45) is 1.84. The maximum atomic E-state index is 13.3. The van der Waals surface area contributed by atoms with Gasteiger partial charge in [-0.1, -0.05) is 26.3 Å². The molecule has 2 aliphatic heterocycles. The highest BCUT2D eigenvalue weighted by Crippen LogP contribution is 2.65. The lowest BCUT2D eigenvalue weighted by Gasteiger charge is -2.61. The Balaban J connectivity index is 1.33. The maximum absolute atomic E-state index is 13.3. The average Bonchev–Trinajstić information content (AvgIpc) is 3.35. The van der Waals surface area contributed by atoms with E-state index in [1.165, 1.54) is 6.92 Å². The van der Waals surface area contributed by atoms with E-state index in [0.29, 0.717) is 31.7 Å². The van der Waals surface area contributed by atoms with Crippen LogP contribution >= 0.6 is 0 Å². The Hall–Kier alpha value is -3.64. The lowest BCUT2D eigenvalue weighted by atomic mass is 9.50. The predicted octanol–water partition coefficient (Wildman–Crippen LogP) is 4.51. The SMILES string of the molecule is CCCCOC(=O)CC[C@H](C)C(=O)O[C@@H](C)C(=O)OC1=CC[C@@]2(O)[C@H]3Cc4ccc(OC(=O)OC(C)(C)C)c5c4[C@@]2(CCN3C)[C@H]1O5. The highest BCUT2D eigenvalue weighted by atomic mass is 16.7. The van der Waals surface area contributed by atoms with E-state index >= 15 is 0 Å². The molecule has 47 heavy (non-hydrogen) atoms. The molecule has 2 aliphatic carbocycles. The van der Waals surface area contributed by atoms with Crippen LogP contribution in [0, 0.1) is 5.92 Å². The molecule has 1 fully saturated rings. The molecule has 0 radical (unpaired) electrons. The first-order valence-corrected chi connectivity index (χ1v) is 16.6. The van der Waals surface area contributed by atoms with Gasteiger partial charge >= 0.3 is 24.1 Å². The van der Waals surface area contributed by atoms with Gasteiger partial charge in [0, 0.05) is 24.4 Å². The van der Waals surface area contributed by atoms with E-state index in [9.17, 15) is 24.3 Å². The summed E-state index contributed by atoms with van der Waals surface area (Å²) in [7, 11) is 1.98. The lowest BCUT2D eigenvalue weighted by molar-refractivity contribution is -0.176. The van der Waals surface area contributed by atoms with Gasteiger partial charge in [-0.05, 0) is 84.7 Å². The zero-order valence-corrected chi connectivity index (χ0v) is 28.4. The molecule has 1 N–H and O–H groups in total. The van der Waals surface area contributed by atoms with Crippen molar-refractivity contribution in [3.63, 3.8) is 0 Å². The number of carbonyl (C=O) groups excluding carboxylic acids is 4. The summed E-state index contributed by atoms with van der Waals surface area (Å²) >= 11 is 0. The van der Waals surface area contributed by atoms with Crippen LogP contribution in [0.3, 0.4) is 0 Å². The van der Waals surface area contributed by atoms with Crippen molar-refractivity contribution in [2.75, 3.05) is 20.2 Å². The summed E-state index contributed by atoms with van der Waals surface area (Å²) in [6, 6.07) is 3.32. The van der Waals surface area contributed by atoms with Gasteiger partial charge in [0.1, 0.15) is 11.4 Å². The minimum absolute atomic E-state index is 0.0636. The number of esters is 3. The highest BCUT2D eigenvalue weighted by molar-refractivity contribution is 5.81. The minimum atomic E-state index is -1.26. The molecule has 1 saturated heterocycles. The first-order valence-electron chi connectivity index (χ1n) is 16.6. The number of hydrogen-bond acceptors (Lipinski definition) is 12. The van der Waals surface area contributed by atoms with Crippen LogP contribution in [0.1, 0.15) is 91.2 Å². The summed E-state index contributed by atoms with van der Waals surface area (Å²) < 4.78 is 34.0. The number of nitrogens with zero attached hydrogens (tertiary/aromatic N) is 1. The van der Waals surface area contributed by atoms with Crippen LogP contribution in [-0.4, -0.2) is 83.7 Å². The van der Waals surface area contributed by atoms with Gasteiger partial charge in [-0.3, -0.25) is 9.59 Å². The van der Waals surface area contributed by atoms with Gasteiger partial charge in [-0.2, -0.15) is 0 Å². The van der Waals surface area contributed by atoms with Gasteiger partial charge in [0.15, 0.2) is 23.7 Å². The molecule has 1 aromatic rings. The molecule has 1 spiro atoms. The summed E-state index contributed by atoms with van der Waals surface area (Å²) in [5, 5.41) is 12.5. The predicted molar refractivity (Wildman–Crippen MR) is 168 cm³/mol. The van der Waals surface area contributed by atoms with E-state index in [0.717, 1.165) is 24.0 Å². The highest BCUT2D eigenvalue weighted by Gasteiger charge is 2.72. The Bertz CT molecular complexity index is 1450. The molecule has 1 aromatic carbocycles. The van der Waals surface area contributed by atoms with Crippen LogP contribution < -0.4 is 9.47 Å². The summed E-state index contributed by atoms with van der Waals surface area (Å²) in [6.45, 7) is 11.3. The fraction of sp³-hybridized carbons (Fsp3) is 0.657. The fourth-order valence-electron chi connectivity index (χ4n) is 7.26. The Labute approximate surface area is 275 Å². The molecule has 2 bridgehead atoms. The van der Waals surface area contributed by atoms with Crippen LogP contribution in [0.4, 0.5) is 4.79 Å². The van der Waals surface area contributed by atoms with Crippen LogP contribution in [0.15, 0.2) is 24.0 Å². The van der Waals surface area contributed by atoms with Gasteiger partial charge < -0.3 is 38.4 Å². The number of piperidine rings is 1. The van der Waals surface area contributed by atoms with Crippen molar-refractivity contribution in [1.29, 1.82) is 0 Å². The zero-order chi connectivity index (χ0) is 34.3. The van der Waals surface area contributed by atoms with Crippen molar-refractivity contribution < 1.29 is 52.7 Å². The number of rotatable bonds is 11. The van der Waals surface area contributed by atoms with Gasteiger partial charge in [-0.25, -0.2) is 9.59 Å². The molecule has 2 heterocycles. The second-order valence-corrected chi connectivity index (χ2v) is 14.2. The summed E-state index contributed by atoms with van der Waals surface area (Å²) in [5.41, 5.74) is -1.31. The van der Waals surface area contributed by atoms with Crippen molar-refractivity contribution >= 4 is 24.1 Å². The molecule has 0 aromatic heterocycles. The monoisotopic (exact) mass is 657 g/mol. The van der Waals surface area contributed by atoms with Crippen LogP contribution in [0.5, 0.6) is 11.5 Å². The minimum Gasteiger partial charge on any atom is -0.477 e. The summed E-state index contributed by atoms with van der Waals surface area (Å²) in [5.74, 6) is -1.80. The molecule has 0 saturated carbocycles. The van der Waals surface area contributed by atoms with E-state index in [1.807, 2.05) is 20.0 Å². The smallest absolute Gasteiger partial charge is 0.477 e. The van der Waals surface area contributed by atoms with Crippen molar-refractivity contribution in [1.82, 2.24) is 4.90 Å². The maximum Gasteiger partial charge on any atom is 0.514 e. The number of unbranched alkanes of at least 4 members (excludes halogenated alkanes) is 1. The van der Waals surface area contributed by atoms with E-state index in [4.69, 9.17) is 28.4 Å². The zero-order valence-electron chi connectivity index (χ0n) is 28.4. The molecule has 4 aliphatic rings. The molecular weight excluding hydrogens is 610 g/mol. The quantitative estimate of drug-likeness (QED) is 0.155. The van der Waals surface area contributed by atoms with E-state index in [2.05, 4.69) is 4.90 Å². The van der Waals surface area contributed by atoms with E-state index in [1.54, 1.807) is 39.8 Å². The third kappa shape index (κ3) is 6.46. The van der Waals surface area contributed by atoms with E-state index < -0.39 is 52.8 Å². The average molecular weight is 658 g/mol. The number of likely N-dealkylation sites (N-methyl/N-ethyl adjacent to an activating group) is 1. The number of ether oxygens (including phenoxy) is 6. The van der Waals surface area contributed by atoms with Gasteiger partial charge in [0.05, 0.1) is 23.5 Å². The second-order valence-electron chi connectivity index (χ2n) is 14.2. The van der Waals surface area contributed by atoms with Crippen LogP contribution in [0.25, 0.3) is 0 Å². The molecule has 258 valence electrons. The molecule has 12 nitrogen and oxygen atoms in total. The Morgan fingerprint density at radius 1 is 1.13 bits per heavy atom. The van der Waals surface area contributed by atoms with Crippen molar-refractivity contribution in [3.8, 4) is 11.5 Å². The first-order chi connectivity index (χ1) is 22.1. The lowest BCUT2D eigenvalue weighted by Crippen LogP contribution is -2.74. The third-order valence-electron chi connectivity index (χ3n) is 9.71. The second kappa shape index (κ2) is 13.1. The standard InChI is InChI=1S/C35H47NO11/c1-8-9-18-42-26(37)13-10-20(2)30(38)43-21(3)31(39)44-24-14-15-35(41)25-19-22-11-12-23(45-32(40)47-33(4,5)6)28-27(22)34(35,29(24)46-28)16-17-36(25)7/h11-12,14,20-21,25,29,41H,8-10,13,15-19H2,1-7H3/t20-,21-,25+,29-,34-,35+/m0/s1. The number of carbonyl (C=O) groups is 4. The number of benzene rings is 1. The Morgan fingerprint density at radius 2 is 1.87 bits per heavy atom. The number of aliphatic hydroxyl groups is 1. The largest absolute Gasteiger partial charge is 0.514 e.